The SMILES string of the molecule is c1ccc(N(c2ccccc2)c2ccc3oc4cc(N(c5ccccc5)c5cccc6sc7ccccc7c56)ccc4c3c2)cc1. The van der Waals surface area contributed by atoms with Crippen LogP contribution in [0.2, 0.25) is 0 Å². The maximum Gasteiger partial charge on any atom is 0.137 e. The molecule has 46 heavy (non-hydrogen) atoms. The molecule has 0 aliphatic carbocycles. The van der Waals surface area contributed by atoms with Crippen molar-refractivity contribution < 1.29 is 4.42 Å². The summed E-state index contributed by atoms with van der Waals surface area (Å²) < 4.78 is 9.13. The summed E-state index contributed by atoms with van der Waals surface area (Å²) in [5, 5.41) is 4.72. The lowest BCUT2D eigenvalue weighted by Crippen LogP contribution is -2.10. The summed E-state index contributed by atoms with van der Waals surface area (Å²) in [7, 11) is 0. The Morgan fingerprint density at radius 2 is 0.957 bits per heavy atom. The number of rotatable bonds is 6. The lowest BCUT2D eigenvalue weighted by molar-refractivity contribution is 0.669. The third kappa shape index (κ3) is 4.42. The molecule has 9 rings (SSSR count). The van der Waals surface area contributed by atoms with Crippen LogP contribution in [0.5, 0.6) is 0 Å². The van der Waals surface area contributed by atoms with Crippen LogP contribution in [0, 0.1) is 0 Å². The largest absolute Gasteiger partial charge is 0.456 e. The summed E-state index contributed by atoms with van der Waals surface area (Å²) in [5.74, 6) is 0. The second-order valence-electron chi connectivity index (χ2n) is 11.4. The van der Waals surface area contributed by atoms with Crippen LogP contribution >= 0.6 is 11.3 Å². The Balaban J connectivity index is 1.21. The Bertz CT molecular complexity index is 2440. The topological polar surface area (TPSA) is 19.6 Å². The van der Waals surface area contributed by atoms with Crippen molar-refractivity contribution in [1.82, 2.24) is 0 Å². The number of thiophene rings is 1. The van der Waals surface area contributed by atoms with E-state index in [9.17, 15) is 0 Å². The molecule has 0 saturated carbocycles. The average Bonchev–Trinajstić information content (AvgIpc) is 3.68. The number of nitrogens with zero attached hydrogens (tertiary/aromatic N) is 2. The minimum absolute atomic E-state index is 0.860. The van der Waals surface area contributed by atoms with Gasteiger partial charge >= 0.3 is 0 Å². The monoisotopic (exact) mass is 608 g/mol. The van der Waals surface area contributed by atoms with E-state index in [1.165, 1.54) is 20.2 Å². The van der Waals surface area contributed by atoms with E-state index in [2.05, 4.69) is 180 Å². The van der Waals surface area contributed by atoms with Crippen molar-refractivity contribution in [3.8, 4) is 0 Å². The molecule has 0 fully saturated rings. The van der Waals surface area contributed by atoms with Gasteiger partial charge in [0.1, 0.15) is 11.2 Å². The first-order valence-corrected chi connectivity index (χ1v) is 16.3. The molecule has 0 spiro atoms. The highest BCUT2D eigenvalue weighted by Crippen LogP contribution is 2.46. The number of para-hydroxylation sites is 3. The highest BCUT2D eigenvalue weighted by atomic mass is 32.1. The van der Waals surface area contributed by atoms with Gasteiger partial charge in [0.2, 0.25) is 0 Å². The first-order chi connectivity index (χ1) is 22.8. The number of fused-ring (bicyclic) bond motifs is 6. The first-order valence-electron chi connectivity index (χ1n) is 15.4. The van der Waals surface area contributed by atoms with Crippen LogP contribution in [-0.2, 0) is 0 Å². The maximum atomic E-state index is 6.56. The standard InChI is InChI=1S/C42H28N2OS/c1-4-13-29(14-5-1)43(30-15-6-2-7-16-30)32-24-26-38-36(27-32)34-25-23-33(28-39(34)45-38)44(31-17-8-3-9-18-31)37-20-12-22-41-42(37)35-19-10-11-21-40(35)46-41/h1-28H. The summed E-state index contributed by atoms with van der Waals surface area (Å²) >= 11 is 1.84. The third-order valence-corrected chi connectivity index (χ3v) is 9.76. The fraction of sp³-hybridized carbons (Fsp3) is 0. The lowest BCUT2D eigenvalue weighted by atomic mass is 10.1. The van der Waals surface area contributed by atoms with E-state index >= 15 is 0 Å². The van der Waals surface area contributed by atoms with Crippen molar-refractivity contribution in [3.05, 3.63) is 170 Å². The van der Waals surface area contributed by atoms with Gasteiger partial charge in [-0.25, -0.2) is 0 Å². The molecule has 7 aromatic carbocycles. The summed E-state index contributed by atoms with van der Waals surface area (Å²) in [5.41, 5.74) is 8.33. The van der Waals surface area contributed by atoms with Gasteiger partial charge in [0, 0.05) is 65.4 Å². The minimum Gasteiger partial charge on any atom is -0.456 e. The van der Waals surface area contributed by atoms with E-state index in [1.54, 1.807) is 0 Å². The van der Waals surface area contributed by atoms with Gasteiger partial charge in [-0.1, -0.05) is 78.9 Å². The van der Waals surface area contributed by atoms with Gasteiger partial charge in [-0.15, -0.1) is 11.3 Å². The third-order valence-electron chi connectivity index (χ3n) is 8.62. The molecule has 0 atom stereocenters. The molecule has 2 aromatic heterocycles. The van der Waals surface area contributed by atoms with Gasteiger partial charge in [0.25, 0.3) is 0 Å². The van der Waals surface area contributed by atoms with Crippen LogP contribution in [0.15, 0.2) is 174 Å². The van der Waals surface area contributed by atoms with Gasteiger partial charge in [0.05, 0.1) is 5.69 Å². The van der Waals surface area contributed by atoms with Gasteiger partial charge < -0.3 is 14.2 Å². The van der Waals surface area contributed by atoms with E-state index in [-0.39, 0.29) is 0 Å². The van der Waals surface area contributed by atoms with Gasteiger partial charge in [-0.3, -0.25) is 0 Å². The quantitative estimate of drug-likeness (QED) is 0.187. The predicted molar refractivity (Wildman–Crippen MR) is 196 cm³/mol. The van der Waals surface area contributed by atoms with Crippen LogP contribution in [-0.4, -0.2) is 0 Å². The zero-order valence-corrected chi connectivity index (χ0v) is 25.7. The van der Waals surface area contributed by atoms with E-state index in [4.69, 9.17) is 4.42 Å². The summed E-state index contributed by atoms with van der Waals surface area (Å²) in [4.78, 5) is 4.64. The van der Waals surface area contributed by atoms with Crippen LogP contribution < -0.4 is 9.80 Å². The molecule has 0 saturated heterocycles. The molecule has 0 unspecified atom stereocenters. The minimum atomic E-state index is 0.860. The highest BCUT2D eigenvalue weighted by molar-refractivity contribution is 7.26. The molecule has 3 nitrogen and oxygen atoms in total. The molecule has 0 aliphatic rings. The number of furan rings is 1. The van der Waals surface area contributed by atoms with E-state index in [1.807, 2.05) is 11.3 Å². The first kappa shape index (κ1) is 26.6. The van der Waals surface area contributed by atoms with Gasteiger partial charge in [-0.05, 0) is 84.9 Å². The maximum absolute atomic E-state index is 6.56. The van der Waals surface area contributed by atoms with E-state index < -0.39 is 0 Å². The zero-order valence-electron chi connectivity index (χ0n) is 24.9. The van der Waals surface area contributed by atoms with Crippen molar-refractivity contribution in [1.29, 1.82) is 0 Å². The van der Waals surface area contributed by atoms with Crippen molar-refractivity contribution in [2.24, 2.45) is 0 Å². The average molecular weight is 609 g/mol. The van der Waals surface area contributed by atoms with Crippen molar-refractivity contribution >= 4 is 87.6 Å². The fourth-order valence-electron chi connectivity index (χ4n) is 6.58. The number of benzene rings is 7. The Kier molecular flexibility index (Phi) is 6.32. The van der Waals surface area contributed by atoms with Crippen molar-refractivity contribution in [2.45, 2.75) is 0 Å². The van der Waals surface area contributed by atoms with Crippen molar-refractivity contribution in [3.63, 3.8) is 0 Å². The highest BCUT2D eigenvalue weighted by Gasteiger charge is 2.20. The Labute approximate surface area is 270 Å². The molecule has 0 N–H and O–H groups in total. The van der Waals surface area contributed by atoms with Gasteiger partial charge in [0.15, 0.2) is 0 Å². The van der Waals surface area contributed by atoms with Crippen LogP contribution in [0.3, 0.4) is 0 Å². The van der Waals surface area contributed by atoms with Crippen LogP contribution in [0.4, 0.5) is 34.1 Å². The van der Waals surface area contributed by atoms with Gasteiger partial charge in [-0.2, -0.15) is 0 Å². The van der Waals surface area contributed by atoms with E-state index in [0.717, 1.165) is 56.1 Å². The summed E-state index contributed by atoms with van der Waals surface area (Å²) in [6.45, 7) is 0. The van der Waals surface area contributed by atoms with E-state index in [0.29, 0.717) is 0 Å². The fourth-order valence-corrected chi connectivity index (χ4v) is 7.71. The zero-order chi connectivity index (χ0) is 30.5. The Hall–Kier alpha value is -5.84. The van der Waals surface area contributed by atoms with Crippen LogP contribution in [0.25, 0.3) is 42.1 Å². The molecule has 9 aromatic rings. The second kappa shape index (κ2) is 11.0. The molecule has 0 amide bonds. The Morgan fingerprint density at radius 1 is 0.370 bits per heavy atom. The second-order valence-corrected chi connectivity index (χ2v) is 12.5. The molecule has 0 radical (unpaired) electrons. The summed E-state index contributed by atoms with van der Waals surface area (Å²) in [6.07, 6.45) is 0. The smallest absolute Gasteiger partial charge is 0.137 e. The number of hydrogen-bond donors (Lipinski definition) is 0. The predicted octanol–water partition coefficient (Wildman–Crippen LogP) is 12.9. The summed E-state index contributed by atoms with van der Waals surface area (Å²) in [6, 6.07) is 60.0. The molecular formula is C42H28N2OS. The number of hydrogen-bond acceptors (Lipinski definition) is 4. The molecular weight excluding hydrogens is 581 g/mol. The normalized spacial score (nSPS) is 11.5. The Morgan fingerprint density at radius 3 is 1.67 bits per heavy atom. The molecule has 0 bridgehead atoms. The molecule has 4 heteroatoms. The molecule has 2 heterocycles. The number of anilines is 6. The van der Waals surface area contributed by atoms with Crippen molar-refractivity contribution in [2.75, 3.05) is 9.80 Å². The van der Waals surface area contributed by atoms with Crippen LogP contribution in [0.1, 0.15) is 0 Å². The lowest BCUT2D eigenvalue weighted by Gasteiger charge is -2.26. The molecule has 0 aliphatic heterocycles. The molecule has 218 valence electrons.